The highest BCUT2D eigenvalue weighted by molar-refractivity contribution is 6.32. The van der Waals surface area contributed by atoms with E-state index in [9.17, 15) is 0 Å². The van der Waals surface area contributed by atoms with Gasteiger partial charge in [-0.3, -0.25) is 0 Å². The minimum Gasteiger partial charge on any atom is -0.495 e. The molecule has 2 aromatic heterocycles. The summed E-state index contributed by atoms with van der Waals surface area (Å²) in [4.78, 5) is 17.6. The summed E-state index contributed by atoms with van der Waals surface area (Å²) < 4.78 is 5.17. The van der Waals surface area contributed by atoms with E-state index in [1.54, 1.807) is 43.8 Å². The number of ether oxygens (including phenoxy) is 1. The van der Waals surface area contributed by atoms with Gasteiger partial charge in [-0.2, -0.15) is 9.97 Å². The lowest BCUT2D eigenvalue weighted by atomic mass is 10.3. The van der Waals surface area contributed by atoms with Gasteiger partial charge in [0, 0.05) is 28.8 Å². The van der Waals surface area contributed by atoms with Crippen molar-refractivity contribution in [1.82, 2.24) is 19.9 Å². The number of fused-ring (bicyclic) bond motifs is 1. The van der Waals surface area contributed by atoms with Gasteiger partial charge in [0.2, 0.25) is 5.95 Å². The smallest absolute Gasteiger partial charge is 0.231 e. The number of rotatable bonds is 5. The van der Waals surface area contributed by atoms with Gasteiger partial charge in [0.1, 0.15) is 5.75 Å². The Morgan fingerprint density at radius 3 is 2.36 bits per heavy atom. The molecule has 2 aromatic carbocycles. The normalized spacial score (nSPS) is 10.7. The van der Waals surface area contributed by atoms with E-state index >= 15 is 0 Å². The van der Waals surface area contributed by atoms with Crippen molar-refractivity contribution in [3.8, 4) is 5.75 Å². The zero-order chi connectivity index (χ0) is 19.5. The molecule has 0 aliphatic heterocycles. The summed E-state index contributed by atoms with van der Waals surface area (Å²) in [6.07, 6.45) is 3.17. The molecule has 28 heavy (non-hydrogen) atoms. The zero-order valence-electron chi connectivity index (χ0n) is 14.6. The van der Waals surface area contributed by atoms with Crippen LogP contribution in [0.5, 0.6) is 5.75 Å². The van der Waals surface area contributed by atoms with Crippen LogP contribution < -0.4 is 15.4 Å². The quantitative estimate of drug-likeness (QED) is 0.464. The van der Waals surface area contributed by atoms with Crippen LogP contribution in [0, 0.1) is 0 Å². The number of anilines is 4. The molecule has 2 heterocycles. The van der Waals surface area contributed by atoms with Gasteiger partial charge in [-0.1, -0.05) is 23.2 Å². The van der Waals surface area contributed by atoms with Crippen molar-refractivity contribution in [2.75, 3.05) is 17.7 Å². The predicted molar refractivity (Wildman–Crippen MR) is 111 cm³/mol. The summed E-state index contributed by atoms with van der Waals surface area (Å²) >= 11 is 12.1. The Morgan fingerprint density at radius 1 is 0.857 bits per heavy atom. The van der Waals surface area contributed by atoms with Crippen molar-refractivity contribution in [3.63, 3.8) is 0 Å². The Balaban J connectivity index is 1.71. The zero-order valence-corrected chi connectivity index (χ0v) is 16.2. The van der Waals surface area contributed by atoms with Gasteiger partial charge in [0.25, 0.3) is 0 Å². The molecule has 4 rings (SSSR count). The van der Waals surface area contributed by atoms with E-state index in [1.165, 1.54) is 0 Å². The van der Waals surface area contributed by atoms with Crippen LogP contribution in [0.2, 0.25) is 10.0 Å². The van der Waals surface area contributed by atoms with E-state index in [4.69, 9.17) is 27.9 Å². The van der Waals surface area contributed by atoms with Crippen molar-refractivity contribution in [2.45, 2.75) is 0 Å². The summed E-state index contributed by atoms with van der Waals surface area (Å²) in [5.74, 6) is 1.45. The van der Waals surface area contributed by atoms with Crippen LogP contribution in [0.1, 0.15) is 0 Å². The van der Waals surface area contributed by atoms with Crippen LogP contribution in [0.25, 0.3) is 11.2 Å². The molecule has 4 aromatic rings. The maximum absolute atomic E-state index is 6.19. The summed E-state index contributed by atoms with van der Waals surface area (Å²) in [7, 11) is 1.56. The van der Waals surface area contributed by atoms with E-state index in [-0.39, 0.29) is 0 Å². The maximum Gasteiger partial charge on any atom is 0.231 e. The molecule has 2 N–H and O–H groups in total. The summed E-state index contributed by atoms with van der Waals surface area (Å²) in [6, 6.07) is 12.6. The van der Waals surface area contributed by atoms with Crippen LogP contribution in [-0.2, 0) is 0 Å². The molecule has 0 saturated heterocycles. The van der Waals surface area contributed by atoms with Crippen molar-refractivity contribution in [2.24, 2.45) is 0 Å². The number of aromatic nitrogens is 4. The van der Waals surface area contributed by atoms with Gasteiger partial charge in [0.05, 0.1) is 12.1 Å². The van der Waals surface area contributed by atoms with Gasteiger partial charge < -0.3 is 15.4 Å². The molecule has 0 aliphatic rings. The third-order valence-corrected chi connectivity index (χ3v) is 4.39. The van der Waals surface area contributed by atoms with E-state index < -0.39 is 0 Å². The highest BCUT2D eigenvalue weighted by Gasteiger charge is 2.11. The van der Waals surface area contributed by atoms with Gasteiger partial charge >= 0.3 is 0 Å². The molecule has 0 radical (unpaired) electrons. The molecule has 0 aliphatic carbocycles. The van der Waals surface area contributed by atoms with Gasteiger partial charge in [-0.15, -0.1) is 0 Å². The fourth-order valence-electron chi connectivity index (χ4n) is 2.55. The molecule has 0 bridgehead atoms. The molecule has 7 nitrogen and oxygen atoms in total. The Morgan fingerprint density at radius 2 is 1.61 bits per heavy atom. The van der Waals surface area contributed by atoms with E-state index in [1.807, 2.05) is 18.2 Å². The monoisotopic (exact) mass is 412 g/mol. The van der Waals surface area contributed by atoms with Gasteiger partial charge in [-0.25, -0.2) is 9.97 Å². The number of hydrogen-bond donors (Lipinski definition) is 2. The minimum absolute atomic E-state index is 0.352. The van der Waals surface area contributed by atoms with Crippen LogP contribution in [0.3, 0.4) is 0 Å². The molecule has 140 valence electrons. The van der Waals surface area contributed by atoms with Crippen molar-refractivity contribution < 1.29 is 4.74 Å². The second kappa shape index (κ2) is 7.84. The van der Waals surface area contributed by atoms with Crippen molar-refractivity contribution >= 4 is 57.5 Å². The number of benzene rings is 2. The number of halogens is 2. The lowest BCUT2D eigenvalue weighted by Gasteiger charge is -2.11. The average Bonchev–Trinajstić information content (AvgIpc) is 2.70. The second-order valence-electron chi connectivity index (χ2n) is 5.73. The molecular formula is C19H14Cl2N6O. The number of nitrogens with one attached hydrogen (secondary N) is 2. The molecule has 0 unspecified atom stereocenters. The second-order valence-corrected chi connectivity index (χ2v) is 6.57. The Kier molecular flexibility index (Phi) is 5.10. The largest absolute Gasteiger partial charge is 0.495 e. The number of methoxy groups -OCH3 is 1. The van der Waals surface area contributed by atoms with Crippen LogP contribution in [0.4, 0.5) is 23.1 Å². The molecule has 0 fully saturated rings. The summed E-state index contributed by atoms with van der Waals surface area (Å²) in [6.45, 7) is 0. The van der Waals surface area contributed by atoms with Crippen molar-refractivity contribution in [3.05, 3.63) is 64.9 Å². The lowest BCUT2D eigenvalue weighted by molar-refractivity contribution is 0.415. The third-order valence-electron chi connectivity index (χ3n) is 3.85. The molecular weight excluding hydrogens is 399 g/mol. The molecule has 0 amide bonds. The van der Waals surface area contributed by atoms with Gasteiger partial charge in [0.15, 0.2) is 17.0 Å². The molecule has 0 saturated carbocycles. The topological polar surface area (TPSA) is 84.9 Å². The average molecular weight is 413 g/mol. The van der Waals surface area contributed by atoms with Crippen LogP contribution in [-0.4, -0.2) is 27.0 Å². The summed E-state index contributed by atoms with van der Waals surface area (Å²) in [5.41, 5.74) is 2.53. The third kappa shape index (κ3) is 3.90. The number of nitrogens with zero attached hydrogens (tertiary/aromatic N) is 4. The molecule has 0 atom stereocenters. The minimum atomic E-state index is 0.352. The first kappa shape index (κ1) is 18.2. The first-order valence-electron chi connectivity index (χ1n) is 8.24. The Bertz CT molecular complexity index is 1140. The number of hydrogen-bond acceptors (Lipinski definition) is 7. The maximum atomic E-state index is 6.19. The standard InChI is InChI=1S/C19H14Cl2N6O/c1-28-15-7-6-13(10-14(15)21)25-19-26-17-16(22-8-9-23-17)18(27-19)24-12-4-2-11(20)3-5-12/h2-10H,1H3,(H2,23,24,25,26,27). The molecule has 0 spiro atoms. The Hall–Kier alpha value is -3.16. The highest BCUT2D eigenvalue weighted by Crippen LogP contribution is 2.29. The Labute approximate surface area is 170 Å². The van der Waals surface area contributed by atoms with E-state index in [2.05, 4.69) is 30.6 Å². The fourth-order valence-corrected chi connectivity index (χ4v) is 2.93. The fraction of sp³-hybridized carbons (Fsp3) is 0.0526. The predicted octanol–water partition coefficient (Wildman–Crippen LogP) is 5.22. The van der Waals surface area contributed by atoms with E-state index in [0.29, 0.717) is 44.4 Å². The summed E-state index contributed by atoms with van der Waals surface area (Å²) in [5, 5.41) is 7.49. The first-order valence-corrected chi connectivity index (χ1v) is 9.00. The highest BCUT2D eigenvalue weighted by atomic mass is 35.5. The van der Waals surface area contributed by atoms with Crippen LogP contribution >= 0.6 is 23.2 Å². The van der Waals surface area contributed by atoms with E-state index in [0.717, 1.165) is 5.69 Å². The van der Waals surface area contributed by atoms with Crippen LogP contribution in [0.15, 0.2) is 54.9 Å². The molecule has 9 heteroatoms. The first-order chi connectivity index (χ1) is 13.6. The van der Waals surface area contributed by atoms with Crippen molar-refractivity contribution in [1.29, 1.82) is 0 Å². The SMILES string of the molecule is COc1ccc(Nc2nc(Nc3ccc(Cl)cc3)c3nccnc3n2)cc1Cl. The lowest BCUT2D eigenvalue weighted by Crippen LogP contribution is -2.04. The van der Waals surface area contributed by atoms with Gasteiger partial charge in [-0.05, 0) is 42.5 Å².